The normalized spacial score (nSPS) is 22.0. The third kappa shape index (κ3) is 2.97. The van der Waals surface area contributed by atoms with Crippen LogP contribution in [0.1, 0.15) is 23.2 Å². The number of aromatic nitrogens is 2. The van der Waals surface area contributed by atoms with Gasteiger partial charge >= 0.3 is 0 Å². The fraction of sp³-hybridized carbons (Fsp3) is 0.389. The first-order valence-electron chi connectivity index (χ1n) is 8.15. The average molecular weight is 325 g/mol. The monoisotopic (exact) mass is 325 g/mol. The molecule has 2 saturated heterocycles. The molecule has 0 N–H and O–H groups in total. The largest absolute Gasteiger partial charge is 0.474 e. The third-order valence-electron chi connectivity index (χ3n) is 4.55. The maximum atomic E-state index is 12.4. The van der Waals surface area contributed by atoms with Crippen molar-refractivity contribution in [3.8, 4) is 5.88 Å². The first-order valence-corrected chi connectivity index (χ1v) is 8.15. The summed E-state index contributed by atoms with van der Waals surface area (Å²) in [5.41, 5.74) is 0.386. The third-order valence-corrected chi connectivity index (χ3v) is 4.55. The lowest BCUT2D eigenvalue weighted by atomic mass is 9.84. The van der Waals surface area contributed by atoms with E-state index in [1.54, 1.807) is 30.7 Å². The van der Waals surface area contributed by atoms with Crippen LogP contribution in [0.4, 0.5) is 0 Å². The van der Waals surface area contributed by atoms with Crippen LogP contribution in [-0.4, -0.2) is 52.2 Å². The summed E-state index contributed by atoms with van der Waals surface area (Å²) >= 11 is 0. The van der Waals surface area contributed by atoms with Gasteiger partial charge in [0.25, 0.3) is 5.91 Å². The molecular formula is C18H19N3O3. The van der Waals surface area contributed by atoms with E-state index in [1.807, 2.05) is 23.1 Å². The zero-order chi connectivity index (χ0) is 16.4. The molecule has 6 nitrogen and oxygen atoms in total. The Balaban J connectivity index is 1.36. The van der Waals surface area contributed by atoms with Crippen LogP contribution in [0.25, 0.3) is 0 Å². The molecular weight excluding hydrogens is 306 g/mol. The van der Waals surface area contributed by atoms with E-state index in [4.69, 9.17) is 9.47 Å². The summed E-state index contributed by atoms with van der Waals surface area (Å²) in [6, 6.07) is 9.12. The number of amides is 1. The van der Waals surface area contributed by atoms with E-state index in [0.717, 1.165) is 12.8 Å². The molecule has 0 unspecified atom stereocenters. The predicted octanol–water partition coefficient (Wildman–Crippen LogP) is 1.93. The number of nitrogens with zero attached hydrogens (tertiary/aromatic N) is 3. The minimum Gasteiger partial charge on any atom is -0.474 e. The number of hydrogen-bond donors (Lipinski definition) is 0. The van der Waals surface area contributed by atoms with Gasteiger partial charge < -0.3 is 14.4 Å². The van der Waals surface area contributed by atoms with E-state index < -0.39 is 0 Å². The summed E-state index contributed by atoms with van der Waals surface area (Å²) in [5.74, 6) is 0.669. The lowest BCUT2D eigenvalue weighted by Crippen LogP contribution is -2.67. The summed E-state index contributed by atoms with van der Waals surface area (Å²) in [5, 5.41) is 0. The molecule has 2 fully saturated rings. The smallest absolute Gasteiger partial charge is 0.254 e. The van der Waals surface area contributed by atoms with Gasteiger partial charge in [-0.15, -0.1) is 0 Å². The number of carbonyl (C=O) groups excluding carboxylic acids is 1. The second-order valence-corrected chi connectivity index (χ2v) is 6.33. The van der Waals surface area contributed by atoms with Gasteiger partial charge in [-0.25, -0.2) is 4.98 Å². The minimum absolute atomic E-state index is 0.0272. The second kappa shape index (κ2) is 6.20. The number of carbonyl (C=O) groups is 1. The van der Waals surface area contributed by atoms with E-state index in [2.05, 4.69) is 9.97 Å². The highest BCUT2D eigenvalue weighted by molar-refractivity contribution is 5.94. The molecule has 1 spiro atoms. The predicted molar refractivity (Wildman–Crippen MR) is 86.7 cm³/mol. The average Bonchev–Trinajstić information content (AvgIpc) is 2.61. The molecule has 2 aromatic heterocycles. The number of ether oxygens (including phenoxy) is 2. The summed E-state index contributed by atoms with van der Waals surface area (Å²) in [4.78, 5) is 22.4. The molecule has 6 heteroatoms. The fourth-order valence-corrected chi connectivity index (χ4v) is 3.36. The highest BCUT2D eigenvalue weighted by Gasteiger charge is 2.50. The summed E-state index contributed by atoms with van der Waals surface area (Å²) < 4.78 is 11.9. The van der Waals surface area contributed by atoms with Crippen molar-refractivity contribution in [2.45, 2.75) is 24.5 Å². The zero-order valence-corrected chi connectivity index (χ0v) is 13.3. The van der Waals surface area contributed by atoms with Gasteiger partial charge in [0.2, 0.25) is 5.88 Å². The van der Waals surface area contributed by atoms with Gasteiger partial charge in [-0.05, 0) is 18.2 Å². The van der Waals surface area contributed by atoms with Crippen LogP contribution < -0.4 is 4.74 Å². The fourth-order valence-electron chi connectivity index (χ4n) is 3.36. The highest BCUT2D eigenvalue weighted by Crippen LogP contribution is 2.36. The van der Waals surface area contributed by atoms with E-state index in [-0.39, 0.29) is 17.6 Å². The number of pyridine rings is 2. The Hall–Kier alpha value is -2.47. The molecule has 24 heavy (non-hydrogen) atoms. The Morgan fingerprint density at radius 2 is 2.04 bits per heavy atom. The van der Waals surface area contributed by atoms with Crippen LogP contribution in [0.2, 0.25) is 0 Å². The van der Waals surface area contributed by atoms with Gasteiger partial charge in [0, 0.05) is 43.1 Å². The van der Waals surface area contributed by atoms with Gasteiger partial charge in [0.15, 0.2) is 0 Å². The first kappa shape index (κ1) is 15.1. The van der Waals surface area contributed by atoms with Crippen LogP contribution in [0.15, 0.2) is 48.9 Å². The number of rotatable bonds is 3. The van der Waals surface area contributed by atoms with E-state index in [0.29, 0.717) is 31.1 Å². The van der Waals surface area contributed by atoms with Crippen LogP contribution >= 0.6 is 0 Å². The Bertz CT molecular complexity index is 702. The maximum absolute atomic E-state index is 12.4. The van der Waals surface area contributed by atoms with Crippen LogP contribution in [-0.2, 0) is 4.74 Å². The Kier molecular flexibility index (Phi) is 3.90. The molecule has 0 aliphatic carbocycles. The van der Waals surface area contributed by atoms with Crippen molar-refractivity contribution < 1.29 is 14.3 Å². The molecule has 1 amide bonds. The molecule has 0 aromatic carbocycles. The molecule has 2 aliphatic rings. The van der Waals surface area contributed by atoms with Gasteiger partial charge in [0.1, 0.15) is 11.7 Å². The molecule has 2 aromatic rings. The number of hydrogen-bond acceptors (Lipinski definition) is 5. The molecule has 0 radical (unpaired) electrons. The van der Waals surface area contributed by atoms with Crippen molar-refractivity contribution in [1.82, 2.24) is 14.9 Å². The molecule has 4 rings (SSSR count). The Morgan fingerprint density at radius 3 is 2.79 bits per heavy atom. The lowest BCUT2D eigenvalue weighted by molar-refractivity contribution is -0.174. The lowest BCUT2D eigenvalue weighted by Gasteiger charge is -2.52. The minimum atomic E-state index is -0.277. The first-order chi connectivity index (χ1) is 11.7. The molecule has 124 valence electrons. The Labute approximate surface area is 140 Å². The highest BCUT2D eigenvalue weighted by atomic mass is 16.5. The van der Waals surface area contributed by atoms with Crippen molar-refractivity contribution in [3.05, 3.63) is 54.5 Å². The van der Waals surface area contributed by atoms with Gasteiger partial charge in [-0.2, -0.15) is 0 Å². The van der Waals surface area contributed by atoms with Crippen molar-refractivity contribution >= 4 is 5.91 Å². The van der Waals surface area contributed by atoms with E-state index in [1.165, 1.54) is 0 Å². The Morgan fingerprint density at radius 1 is 1.21 bits per heavy atom. The van der Waals surface area contributed by atoms with E-state index >= 15 is 0 Å². The standard InChI is InChI=1S/C18H19N3O3/c22-17(14-4-8-19-9-5-14)21-12-18(13-21)11-15(6-10-23-18)24-16-3-1-2-7-20-16/h1-5,7-9,15H,6,10-13H2/t15-/m1/s1. The molecule has 4 heterocycles. The van der Waals surface area contributed by atoms with Crippen molar-refractivity contribution in [3.63, 3.8) is 0 Å². The molecule has 0 bridgehead atoms. The summed E-state index contributed by atoms with van der Waals surface area (Å²) in [7, 11) is 0. The maximum Gasteiger partial charge on any atom is 0.254 e. The molecule has 0 saturated carbocycles. The van der Waals surface area contributed by atoms with Crippen molar-refractivity contribution in [1.29, 1.82) is 0 Å². The van der Waals surface area contributed by atoms with E-state index in [9.17, 15) is 4.79 Å². The second-order valence-electron chi connectivity index (χ2n) is 6.33. The van der Waals surface area contributed by atoms with Crippen molar-refractivity contribution in [2.75, 3.05) is 19.7 Å². The van der Waals surface area contributed by atoms with Crippen LogP contribution in [0.5, 0.6) is 5.88 Å². The quantitative estimate of drug-likeness (QED) is 0.863. The molecule has 2 aliphatic heterocycles. The zero-order valence-electron chi connectivity index (χ0n) is 13.3. The number of likely N-dealkylation sites (tertiary alicyclic amines) is 1. The van der Waals surface area contributed by atoms with Crippen molar-refractivity contribution in [2.24, 2.45) is 0 Å². The summed E-state index contributed by atoms with van der Waals surface area (Å²) in [6.45, 7) is 1.86. The molecule has 1 atom stereocenters. The SMILES string of the molecule is O=C(c1ccncc1)N1CC2(C[C@H](Oc3ccccn3)CCO2)C1. The summed E-state index contributed by atoms with van der Waals surface area (Å²) in [6.07, 6.45) is 6.70. The van der Waals surface area contributed by atoms with Crippen LogP contribution in [0.3, 0.4) is 0 Å². The van der Waals surface area contributed by atoms with Gasteiger partial charge in [0.05, 0.1) is 19.7 Å². The van der Waals surface area contributed by atoms with Gasteiger partial charge in [-0.1, -0.05) is 6.07 Å². The van der Waals surface area contributed by atoms with Gasteiger partial charge in [-0.3, -0.25) is 9.78 Å². The topological polar surface area (TPSA) is 64.6 Å². The van der Waals surface area contributed by atoms with Crippen LogP contribution in [0, 0.1) is 0 Å².